The molecule has 5 heterocycles. The molecule has 0 N–H and O–H groups in total. The van der Waals surface area contributed by atoms with Crippen LogP contribution in [-0.4, -0.2) is 89.3 Å². The molecule has 0 spiro atoms. The van der Waals surface area contributed by atoms with Crippen molar-refractivity contribution < 1.29 is 14.4 Å². The molecule has 0 unspecified atom stereocenters. The second kappa shape index (κ2) is 7.87. The molecule has 4 fully saturated rings. The summed E-state index contributed by atoms with van der Waals surface area (Å²) in [4.78, 5) is 48.1. The molecule has 4 aliphatic rings. The van der Waals surface area contributed by atoms with Gasteiger partial charge in [0.05, 0.1) is 4.88 Å². The number of carbonyl (C=O) groups is 3. The van der Waals surface area contributed by atoms with Crippen LogP contribution < -0.4 is 0 Å². The first-order chi connectivity index (χ1) is 14.5. The summed E-state index contributed by atoms with van der Waals surface area (Å²) in [5, 5.41) is 0. The van der Waals surface area contributed by atoms with Crippen molar-refractivity contribution in [1.82, 2.24) is 19.6 Å². The smallest absolute Gasteiger partial charge is 0.320 e. The molecule has 0 radical (unpaired) electrons. The topological polar surface area (TPSA) is 64.2 Å². The predicted molar refractivity (Wildman–Crippen MR) is 114 cm³/mol. The van der Waals surface area contributed by atoms with Crippen molar-refractivity contribution in [2.75, 3.05) is 45.8 Å². The van der Waals surface area contributed by atoms with Crippen molar-refractivity contribution in [3.8, 4) is 0 Å². The van der Waals surface area contributed by atoms with Crippen LogP contribution >= 0.6 is 11.3 Å². The van der Waals surface area contributed by atoms with Crippen LogP contribution in [0.25, 0.3) is 0 Å². The van der Waals surface area contributed by atoms with Crippen molar-refractivity contribution in [3.05, 3.63) is 21.9 Å². The summed E-state index contributed by atoms with van der Waals surface area (Å²) in [5.74, 6) is 1.20. The maximum absolute atomic E-state index is 13.2. The van der Waals surface area contributed by atoms with Crippen LogP contribution in [0.15, 0.2) is 12.1 Å². The van der Waals surface area contributed by atoms with Gasteiger partial charge in [0.25, 0.3) is 5.91 Å². The summed E-state index contributed by atoms with van der Waals surface area (Å²) in [5.41, 5.74) is 0. The van der Waals surface area contributed by atoms with Gasteiger partial charge in [-0.15, -0.1) is 11.3 Å². The maximum Gasteiger partial charge on any atom is 0.320 e. The molecular formula is C22H30N4O3S. The van der Waals surface area contributed by atoms with Gasteiger partial charge in [-0.3, -0.25) is 9.59 Å². The van der Waals surface area contributed by atoms with E-state index in [2.05, 4.69) is 4.90 Å². The van der Waals surface area contributed by atoms with Gasteiger partial charge in [-0.25, -0.2) is 4.79 Å². The minimum absolute atomic E-state index is 0.0785. The Kier molecular flexibility index (Phi) is 5.21. The molecule has 0 aromatic carbocycles. The van der Waals surface area contributed by atoms with Gasteiger partial charge in [0.15, 0.2) is 0 Å². The molecular weight excluding hydrogens is 400 g/mol. The van der Waals surface area contributed by atoms with E-state index >= 15 is 0 Å². The first-order valence-corrected chi connectivity index (χ1v) is 12.0. The van der Waals surface area contributed by atoms with Crippen LogP contribution in [0.1, 0.15) is 40.2 Å². The highest BCUT2D eigenvalue weighted by Crippen LogP contribution is 2.38. The Balaban J connectivity index is 1.18. The third kappa shape index (κ3) is 3.59. The Hall–Kier alpha value is -2.09. The standard InChI is InChI=1S/C22H30N4O3S/c1-15-5-6-19(30-15)21(28)23-7-9-24(10-8-23)22(29)25-12-16-11-17(14-25)18-3-2-4-20(27)26(18)13-16/h5-6,16-18H,2-4,7-14H2,1H3/t16-,17-,18-/m1/s1. The zero-order valence-electron chi connectivity index (χ0n) is 17.6. The number of nitrogens with zero attached hydrogens (tertiary/aromatic N) is 4. The second-order valence-electron chi connectivity index (χ2n) is 9.24. The van der Waals surface area contributed by atoms with Crippen LogP contribution in [-0.2, 0) is 4.79 Å². The van der Waals surface area contributed by atoms with E-state index in [-0.39, 0.29) is 11.9 Å². The van der Waals surface area contributed by atoms with E-state index < -0.39 is 0 Å². The SMILES string of the molecule is Cc1ccc(C(=O)N2CCN(C(=O)N3C[C@H]4C[C@H](C3)[C@H]3CCCC(=O)N3C4)CC2)s1. The number of fused-ring (bicyclic) bond motifs is 4. The van der Waals surface area contributed by atoms with Gasteiger partial charge in [0.2, 0.25) is 5.91 Å². The largest absolute Gasteiger partial charge is 0.339 e. The zero-order valence-corrected chi connectivity index (χ0v) is 18.4. The molecule has 0 saturated carbocycles. The lowest BCUT2D eigenvalue weighted by atomic mass is 9.76. The predicted octanol–water partition coefficient (Wildman–Crippen LogP) is 2.27. The highest BCUT2D eigenvalue weighted by Gasteiger charge is 2.45. The van der Waals surface area contributed by atoms with Gasteiger partial charge in [-0.1, -0.05) is 0 Å². The van der Waals surface area contributed by atoms with Crippen molar-refractivity contribution in [1.29, 1.82) is 0 Å². The third-order valence-corrected chi connectivity index (χ3v) is 8.23. The lowest BCUT2D eigenvalue weighted by molar-refractivity contribution is -0.144. The van der Waals surface area contributed by atoms with Crippen LogP contribution in [0.4, 0.5) is 4.79 Å². The van der Waals surface area contributed by atoms with Crippen molar-refractivity contribution in [2.24, 2.45) is 11.8 Å². The Morgan fingerprint density at radius 1 is 1.00 bits per heavy atom. The summed E-state index contributed by atoms with van der Waals surface area (Å²) in [7, 11) is 0. The number of urea groups is 1. The first kappa shape index (κ1) is 19.8. The monoisotopic (exact) mass is 430 g/mol. The number of piperidine rings is 3. The number of hydrogen-bond donors (Lipinski definition) is 0. The van der Waals surface area contributed by atoms with E-state index in [4.69, 9.17) is 0 Å². The Bertz CT molecular complexity index is 847. The van der Waals surface area contributed by atoms with Crippen molar-refractivity contribution in [2.45, 2.75) is 38.6 Å². The number of amides is 4. The van der Waals surface area contributed by atoms with Crippen LogP contribution in [0.2, 0.25) is 0 Å². The van der Waals surface area contributed by atoms with E-state index in [1.54, 1.807) is 0 Å². The van der Waals surface area contributed by atoms with Gasteiger partial charge in [-0.2, -0.15) is 0 Å². The maximum atomic E-state index is 13.2. The molecule has 30 heavy (non-hydrogen) atoms. The third-order valence-electron chi connectivity index (χ3n) is 7.24. The number of likely N-dealkylation sites (tertiary alicyclic amines) is 1. The summed E-state index contributed by atoms with van der Waals surface area (Å²) in [6.07, 6.45) is 3.89. The number of aryl methyl sites for hydroxylation is 1. The molecule has 162 valence electrons. The van der Waals surface area contributed by atoms with Gasteiger partial charge in [0.1, 0.15) is 0 Å². The Morgan fingerprint density at radius 3 is 2.50 bits per heavy atom. The van der Waals surface area contributed by atoms with E-state index in [1.807, 2.05) is 33.8 Å². The molecule has 4 amide bonds. The minimum atomic E-state index is 0.0785. The summed E-state index contributed by atoms with van der Waals surface area (Å²) in [6, 6.07) is 4.30. The van der Waals surface area contributed by atoms with Gasteiger partial charge in [0, 0.05) is 63.2 Å². The van der Waals surface area contributed by atoms with Crippen LogP contribution in [0.3, 0.4) is 0 Å². The molecule has 8 heteroatoms. The number of rotatable bonds is 1. The minimum Gasteiger partial charge on any atom is -0.339 e. The molecule has 4 saturated heterocycles. The molecule has 7 nitrogen and oxygen atoms in total. The van der Waals surface area contributed by atoms with E-state index in [0.717, 1.165) is 48.7 Å². The highest BCUT2D eigenvalue weighted by molar-refractivity contribution is 7.13. The molecule has 3 atom stereocenters. The summed E-state index contributed by atoms with van der Waals surface area (Å²) >= 11 is 1.53. The number of thiophene rings is 1. The van der Waals surface area contributed by atoms with Crippen molar-refractivity contribution in [3.63, 3.8) is 0 Å². The lowest BCUT2D eigenvalue weighted by Gasteiger charge is -2.53. The first-order valence-electron chi connectivity index (χ1n) is 11.2. The van der Waals surface area contributed by atoms with Gasteiger partial charge in [-0.05, 0) is 50.2 Å². The number of hydrogen-bond acceptors (Lipinski definition) is 4. The second-order valence-corrected chi connectivity index (χ2v) is 10.5. The molecule has 5 rings (SSSR count). The van der Waals surface area contributed by atoms with Crippen molar-refractivity contribution >= 4 is 29.2 Å². The fraction of sp³-hybridized carbons (Fsp3) is 0.682. The number of carbonyl (C=O) groups excluding carboxylic acids is 3. The summed E-state index contributed by atoms with van der Waals surface area (Å²) < 4.78 is 0. The highest BCUT2D eigenvalue weighted by atomic mass is 32.1. The van der Waals surface area contributed by atoms with E-state index in [1.165, 1.54) is 11.3 Å². The van der Waals surface area contributed by atoms with Crippen LogP contribution in [0.5, 0.6) is 0 Å². The molecule has 0 aliphatic carbocycles. The molecule has 1 aromatic rings. The Labute approximate surface area is 181 Å². The quantitative estimate of drug-likeness (QED) is 0.687. The average molecular weight is 431 g/mol. The summed E-state index contributed by atoms with van der Waals surface area (Å²) in [6.45, 7) is 6.70. The van der Waals surface area contributed by atoms with E-state index in [0.29, 0.717) is 56.4 Å². The molecule has 4 aliphatic heterocycles. The molecule has 2 bridgehead atoms. The molecule has 1 aromatic heterocycles. The van der Waals surface area contributed by atoms with Gasteiger partial charge >= 0.3 is 6.03 Å². The number of piperazine rings is 1. The van der Waals surface area contributed by atoms with Gasteiger partial charge < -0.3 is 19.6 Å². The lowest BCUT2D eigenvalue weighted by Crippen LogP contribution is -2.63. The van der Waals surface area contributed by atoms with E-state index in [9.17, 15) is 14.4 Å². The fourth-order valence-electron chi connectivity index (χ4n) is 5.77. The fourth-order valence-corrected chi connectivity index (χ4v) is 6.61. The normalized spacial score (nSPS) is 29.1. The average Bonchev–Trinajstić information content (AvgIpc) is 3.20. The van der Waals surface area contributed by atoms with Crippen LogP contribution in [0, 0.1) is 18.8 Å². The zero-order chi connectivity index (χ0) is 20.8. The Morgan fingerprint density at radius 2 is 1.77 bits per heavy atom.